The molecule has 1 aliphatic heterocycles. The highest BCUT2D eigenvalue weighted by Gasteiger charge is 2.45. The molecular formula is C13H24N2O2S. The molecule has 1 saturated heterocycles. The van der Waals surface area contributed by atoms with Gasteiger partial charge in [-0.05, 0) is 38.7 Å². The van der Waals surface area contributed by atoms with Crippen molar-refractivity contribution in [3.63, 3.8) is 0 Å². The van der Waals surface area contributed by atoms with Crippen molar-refractivity contribution < 1.29 is 9.59 Å². The lowest BCUT2D eigenvalue weighted by Crippen LogP contribution is -2.68. The number of piperazine rings is 1. The van der Waals surface area contributed by atoms with E-state index < -0.39 is 5.54 Å². The lowest BCUT2D eigenvalue weighted by atomic mass is 9.94. The molecule has 0 aliphatic carbocycles. The highest BCUT2D eigenvalue weighted by molar-refractivity contribution is 7.98. The molecule has 4 nitrogen and oxygen atoms in total. The van der Waals surface area contributed by atoms with Crippen molar-refractivity contribution in [3.8, 4) is 0 Å². The van der Waals surface area contributed by atoms with Crippen LogP contribution in [0.2, 0.25) is 0 Å². The molecule has 0 aromatic rings. The van der Waals surface area contributed by atoms with Crippen LogP contribution in [-0.4, -0.2) is 46.8 Å². The van der Waals surface area contributed by atoms with Crippen molar-refractivity contribution in [3.05, 3.63) is 0 Å². The summed E-state index contributed by atoms with van der Waals surface area (Å²) in [6.45, 7) is 6.33. The standard InChI is InChI=1S/C13H24N2O2S/c1-5-7-10-11(16)15(8-6-9-18-4)13(2,3)12(17)14-10/h10H,5-9H2,1-4H3,(H,14,17). The van der Waals surface area contributed by atoms with Gasteiger partial charge in [-0.1, -0.05) is 13.3 Å². The molecule has 1 atom stereocenters. The predicted octanol–water partition coefficient (Wildman–Crippen LogP) is 1.65. The van der Waals surface area contributed by atoms with Crippen molar-refractivity contribution in [2.75, 3.05) is 18.6 Å². The number of thioether (sulfide) groups is 1. The summed E-state index contributed by atoms with van der Waals surface area (Å²) in [6, 6.07) is -0.329. The highest BCUT2D eigenvalue weighted by Crippen LogP contribution is 2.23. The van der Waals surface area contributed by atoms with Gasteiger partial charge in [-0.3, -0.25) is 9.59 Å². The zero-order valence-corrected chi connectivity index (χ0v) is 12.6. The number of carbonyl (C=O) groups excluding carboxylic acids is 2. The van der Waals surface area contributed by atoms with Gasteiger partial charge in [-0.25, -0.2) is 0 Å². The summed E-state index contributed by atoms with van der Waals surface area (Å²) in [5.41, 5.74) is -0.722. The van der Waals surface area contributed by atoms with Crippen LogP contribution >= 0.6 is 11.8 Å². The molecule has 1 heterocycles. The van der Waals surface area contributed by atoms with Crippen molar-refractivity contribution in [2.24, 2.45) is 0 Å². The molecule has 0 aromatic heterocycles. The van der Waals surface area contributed by atoms with Crippen LogP contribution in [0.3, 0.4) is 0 Å². The molecule has 1 unspecified atom stereocenters. The summed E-state index contributed by atoms with van der Waals surface area (Å²) < 4.78 is 0. The predicted molar refractivity (Wildman–Crippen MR) is 75.6 cm³/mol. The Bertz CT molecular complexity index is 318. The number of hydrogen-bond acceptors (Lipinski definition) is 3. The monoisotopic (exact) mass is 272 g/mol. The van der Waals surface area contributed by atoms with Crippen LogP contribution in [0.25, 0.3) is 0 Å². The smallest absolute Gasteiger partial charge is 0.246 e. The van der Waals surface area contributed by atoms with Gasteiger partial charge in [0.05, 0.1) is 0 Å². The first-order valence-corrected chi connectivity index (χ1v) is 7.96. The van der Waals surface area contributed by atoms with Gasteiger partial charge in [0.15, 0.2) is 0 Å². The summed E-state index contributed by atoms with van der Waals surface area (Å²) in [6.07, 6.45) is 4.60. The summed E-state index contributed by atoms with van der Waals surface area (Å²) in [7, 11) is 0. The molecule has 1 aliphatic rings. The quantitative estimate of drug-likeness (QED) is 0.748. The van der Waals surface area contributed by atoms with Crippen LogP contribution < -0.4 is 5.32 Å². The van der Waals surface area contributed by atoms with E-state index >= 15 is 0 Å². The SMILES string of the molecule is CCCC1NC(=O)C(C)(C)N(CCCSC)C1=O. The summed E-state index contributed by atoms with van der Waals surface area (Å²) >= 11 is 1.76. The average molecular weight is 272 g/mol. The Morgan fingerprint density at radius 3 is 2.61 bits per heavy atom. The fourth-order valence-electron chi connectivity index (χ4n) is 2.22. The second kappa shape index (κ2) is 6.45. The lowest BCUT2D eigenvalue weighted by Gasteiger charge is -2.44. The Labute approximate surface area is 114 Å². The Morgan fingerprint density at radius 1 is 1.39 bits per heavy atom. The van der Waals surface area contributed by atoms with Crippen molar-refractivity contribution in [1.29, 1.82) is 0 Å². The third-order valence-electron chi connectivity index (χ3n) is 3.41. The maximum absolute atomic E-state index is 12.4. The summed E-state index contributed by atoms with van der Waals surface area (Å²) in [5.74, 6) is 1.05. The molecule has 18 heavy (non-hydrogen) atoms. The normalized spacial score (nSPS) is 23.1. The van der Waals surface area contributed by atoms with E-state index in [1.807, 2.05) is 20.8 Å². The van der Waals surface area contributed by atoms with Crippen LogP contribution in [0.4, 0.5) is 0 Å². The molecule has 1 fully saturated rings. The Morgan fingerprint density at radius 2 is 2.06 bits per heavy atom. The first-order valence-electron chi connectivity index (χ1n) is 6.56. The minimum absolute atomic E-state index is 0.0373. The molecule has 0 bridgehead atoms. The molecule has 1 N–H and O–H groups in total. The maximum atomic E-state index is 12.4. The second-order valence-electron chi connectivity index (χ2n) is 5.21. The number of amides is 2. The van der Waals surface area contributed by atoms with E-state index in [0.717, 1.165) is 25.0 Å². The fraction of sp³-hybridized carbons (Fsp3) is 0.846. The van der Waals surface area contributed by atoms with Crippen LogP contribution in [0, 0.1) is 0 Å². The largest absolute Gasteiger partial charge is 0.342 e. The van der Waals surface area contributed by atoms with E-state index in [4.69, 9.17) is 0 Å². The van der Waals surface area contributed by atoms with Gasteiger partial charge in [0, 0.05) is 6.54 Å². The van der Waals surface area contributed by atoms with Gasteiger partial charge in [0.1, 0.15) is 11.6 Å². The zero-order chi connectivity index (χ0) is 13.8. The van der Waals surface area contributed by atoms with Gasteiger partial charge >= 0.3 is 0 Å². The first-order chi connectivity index (χ1) is 8.45. The summed E-state index contributed by atoms with van der Waals surface area (Å²) in [5, 5.41) is 2.84. The Hall–Kier alpha value is -0.710. The van der Waals surface area contributed by atoms with Gasteiger partial charge in [0.25, 0.3) is 0 Å². The van der Waals surface area contributed by atoms with Crippen LogP contribution in [-0.2, 0) is 9.59 Å². The lowest BCUT2D eigenvalue weighted by molar-refractivity contribution is -0.155. The molecule has 1 rings (SSSR count). The maximum Gasteiger partial charge on any atom is 0.246 e. The Balaban J connectivity index is 2.78. The van der Waals surface area contributed by atoms with Crippen molar-refractivity contribution >= 4 is 23.6 Å². The van der Waals surface area contributed by atoms with E-state index in [2.05, 4.69) is 11.6 Å². The molecule has 5 heteroatoms. The van der Waals surface area contributed by atoms with Crippen molar-refractivity contribution in [1.82, 2.24) is 10.2 Å². The average Bonchev–Trinajstić information content (AvgIpc) is 2.31. The fourth-order valence-corrected chi connectivity index (χ4v) is 2.64. The number of hydrogen-bond donors (Lipinski definition) is 1. The van der Waals surface area contributed by atoms with Gasteiger partial charge < -0.3 is 10.2 Å². The molecule has 0 saturated carbocycles. The van der Waals surface area contributed by atoms with Crippen LogP contribution in [0.5, 0.6) is 0 Å². The van der Waals surface area contributed by atoms with E-state index in [1.165, 1.54) is 0 Å². The highest BCUT2D eigenvalue weighted by atomic mass is 32.2. The van der Waals surface area contributed by atoms with Crippen molar-refractivity contribution in [2.45, 2.75) is 51.6 Å². The van der Waals surface area contributed by atoms with Gasteiger partial charge in [-0.2, -0.15) is 11.8 Å². The topological polar surface area (TPSA) is 49.4 Å². The third-order valence-corrected chi connectivity index (χ3v) is 4.10. The molecular weight excluding hydrogens is 248 g/mol. The van der Waals surface area contributed by atoms with Crippen LogP contribution in [0.15, 0.2) is 0 Å². The van der Waals surface area contributed by atoms with Crippen LogP contribution in [0.1, 0.15) is 40.0 Å². The number of rotatable bonds is 6. The molecule has 0 radical (unpaired) electrons. The third kappa shape index (κ3) is 3.19. The molecule has 104 valence electrons. The van der Waals surface area contributed by atoms with E-state index in [1.54, 1.807) is 16.7 Å². The molecule has 2 amide bonds. The summed E-state index contributed by atoms with van der Waals surface area (Å²) in [4.78, 5) is 26.2. The second-order valence-corrected chi connectivity index (χ2v) is 6.20. The molecule has 0 aromatic carbocycles. The number of carbonyl (C=O) groups is 2. The number of nitrogens with zero attached hydrogens (tertiary/aromatic N) is 1. The Kier molecular flexibility index (Phi) is 5.50. The van der Waals surface area contributed by atoms with E-state index in [0.29, 0.717) is 6.54 Å². The van der Waals surface area contributed by atoms with E-state index in [-0.39, 0.29) is 17.9 Å². The van der Waals surface area contributed by atoms with Gasteiger partial charge in [-0.15, -0.1) is 0 Å². The minimum Gasteiger partial charge on any atom is -0.342 e. The van der Waals surface area contributed by atoms with Gasteiger partial charge in [0.2, 0.25) is 11.8 Å². The number of nitrogens with one attached hydrogen (secondary N) is 1. The molecule has 0 spiro atoms. The first kappa shape index (κ1) is 15.3. The zero-order valence-electron chi connectivity index (χ0n) is 11.8. The van der Waals surface area contributed by atoms with E-state index in [9.17, 15) is 9.59 Å². The minimum atomic E-state index is -0.722.